The fraction of sp³-hybridized carbons (Fsp3) is 0.400. The first kappa shape index (κ1) is 14.0. The number of imide groups is 1. The number of nitrogens with zero attached hydrogens (tertiary/aromatic N) is 1. The average Bonchev–Trinajstić information content (AvgIpc) is 3.04. The van der Waals surface area contributed by atoms with Gasteiger partial charge in [-0.1, -0.05) is 12.2 Å². The minimum absolute atomic E-state index is 0.00619. The summed E-state index contributed by atoms with van der Waals surface area (Å²) in [5.74, 6) is 0.168. The van der Waals surface area contributed by atoms with Gasteiger partial charge in [-0.05, 0) is 62.3 Å². The Morgan fingerprint density at radius 1 is 1.00 bits per heavy atom. The molecular weight excluding hydrogens is 300 g/mol. The summed E-state index contributed by atoms with van der Waals surface area (Å²) in [7, 11) is 0. The molecule has 2 bridgehead atoms. The number of carbonyl (C=O) groups excluding carboxylic acids is 2. The van der Waals surface area contributed by atoms with Crippen LogP contribution in [0.5, 0.6) is 0 Å². The van der Waals surface area contributed by atoms with Gasteiger partial charge < -0.3 is 4.98 Å². The highest BCUT2D eigenvalue weighted by atomic mass is 16.2. The van der Waals surface area contributed by atoms with Crippen LogP contribution in [0.3, 0.4) is 0 Å². The van der Waals surface area contributed by atoms with Crippen LogP contribution in [-0.2, 0) is 9.59 Å². The third-order valence-corrected chi connectivity index (χ3v) is 6.31. The number of aromatic amines is 1. The van der Waals surface area contributed by atoms with Crippen molar-refractivity contribution in [2.45, 2.75) is 26.7 Å². The number of amides is 2. The van der Waals surface area contributed by atoms with E-state index in [1.54, 1.807) is 0 Å². The highest BCUT2D eigenvalue weighted by Crippen LogP contribution is 2.50. The molecule has 0 radical (unpaired) electrons. The van der Waals surface area contributed by atoms with Crippen LogP contribution in [0.15, 0.2) is 30.4 Å². The number of aromatic nitrogens is 1. The minimum atomic E-state index is -0.147. The van der Waals surface area contributed by atoms with E-state index in [2.05, 4.69) is 24.1 Å². The van der Waals surface area contributed by atoms with Crippen LogP contribution in [0.4, 0.5) is 5.69 Å². The second-order valence-corrected chi connectivity index (χ2v) is 7.46. The molecule has 4 nitrogen and oxygen atoms in total. The Hall–Kier alpha value is -2.36. The molecule has 24 heavy (non-hydrogen) atoms. The number of aryl methyl sites for hydroxylation is 2. The summed E-state index contributed by atoms with van der Waals surface area (Å²) in [6.07, 6.45) is 6.38. The third kappa shape index (κ3) is 1.63. The van der Waals surface area contributed by atoms with Crippen molar-refractivity contribution < 1.29 is 9.59 Å². The molecule has 0 spiro atoms. The Balaban J connectivity index is 1.61. The molecular formula is C20H20N2O2. The van der Waals surface area contributed by atoms with E-state index in [0.29, 0.717) is 5.69 Å². The first-order chi connectivity index (χ1) is 11.6. The number of fused-ring (bicyclic) bond motifs is 2. The summed E-state index contributed by atoms with van der Waals surface area (Å²) in [5, 5.41) is 1.08. The second-order valence-electron chi connectivity index (χ2n) is 7.46. The summed E-state index contributed by atoms with van der Waals surface area (Å²) >= 11 is 0. The summed E-state index contributed by atoms with van der Waals surface area (Å²) in [5.41, 5.74) is 4.06. The molecule has 1 aliphatic heterocycles. The molecule has 4 aliphatic rings. The predicted octanol–water partition coefficient (Wildman–Crippen LogP) is 3.49. The summed E-state index contributed by atoms with van der Waals surface area (Å²) in [6, 6.07) is 5.84. The van der Waals surface area contributed by atoms with Gasteiger partial charge in [-0.2, -0.15) is 0 Å². The number of hydrogen-bond donors (Lipinski definition) is 1. The summed E-state index contributed by atoms with van der Waals surface area (Å²) in [4.78, 5) is 30.9. The molecule has 6 rings (SSSR count). The highest BCUT2D eigenvalue weighted by Gasteiger charge is 2.56. The van der Waals surface area contributed by atoms with Crippen molar-refractivity contribution in [3.05, 3.63) is 41.6 Å². The first-order valence-corrected chi connectivity index (χ1v) is 8.71. The van der Waals surface area contributed by atoms with Gasteiger partial charge in [0.25, 0.3) is 0 Å². The number of H-pyrrole nitrogens is 1. The van der Waals surface area contributed by atoms with Crippen LogP contribution >= 0.6 is 0 Å². The zero-order chi connectivity index (χ0) is 16.6. The smallest absolute Gasteiger partial charge is 0.238 e. The molecule has 1 N–H and O–H groups in total. The van der Waals surface area contributed by atoms with Crippen LogP contribution in [-0.4, -0.2) is 16.8 Å². The molecule has 1 aromatic carbocycles. The van der Waals surface area contributed by atoms with Crippen molar-refractivity contribution in [1.29, 1.82) is 0 Å². The van der Waals surface area contributed by atoms with Crippen LogP contribution < -0.4 is 4.90 Å². The molecule has 3 aliphatic carbocycles. The Kier molecular flexibility index (Phi) is 2.68. The van der Waals surface area contributed by atoms with Crippen molar-refractivity contribution in [3.8, 4) is 0 Å². The van der Waals surface area contributed by atoms with E-state index in [1.807, 2.05) is 25.1 Å². The molecule has 1 saturated carbocycles. The molecule has 122 valence electrons. The lowest BCUT2D eigenvalue weighted by atomic mass is 9.63. The molecule has 4 heteroatoms. The Morgan fingerprint density at radius 3 is 2.21 bits per heavy atom. The van der Waals surface area contributed by atoms with E-state index in [4.69, 9.17) is 0 Å². The van der Waals surface area contributed by atoms with Crippen molar-refractivity contribution in [3.63, 3.8) is 0 Å². The highest BCUT2D eigenvalue weighted by molar-refractivity contribution is 6.23. The number of allylic oxidation sites excluding steroid dienone is 2. The number of rotatable bonds is 1. The topological polar surface area (TPSA) is 53.2 Å². The van der Waals surface area contributed by atoms with Crippen molar-refractivity contribution in [1.82, 2.24) is 4.98 Å². The van der Waals surface area contributed by atoms with Crippen LogP contribution in [0, 0.1) is 37.5 Å². The lowest BCUT2D eigenvalue weighted by molar-refractivity contribution is -0.124. The Bertz CT molecular complexity index is 891. The van der Waals surface area contributed by atoms with Gasteiger partial charge >= 0.3 is 0 Å². The molecule has 4 atom stereocenters. The molecule has 1 aromatic heterocycles. The summed E-state index contributed by atoms with van der Waals surface area (Å²) < 4.78 is 0. The van der Waals surface area contributed by atoms with Gasteiger partial charge in [-0.25, -0.2) is 4.90 Å². The Labute approximate surface area is 140 Å². The van der Waals surface area contributed by atoms with E-state index in [0.717, 1.165) is 29.4 Å². The van der Waals surface area contributed by atoms with Crippen molar-refractivity contribution in [2.75, 3.05) is 4.90 Å². The Morgan fingerprint density at radius 2 is 1.62 bits per heavy atom. The molecule has 1 saturated heterocycles. The fourth-order valence-corrected chi connectivity index (χ4v) is 4.92. The number of benzene rings is 1. The normalized spacial score (nSPS) is 31.3. The maximum absolute atomic E-state index is 13.0. The maximum atomic E-state index is 13.0. The molecule has 2 fully saturated rings. The van der Waals surface area contributed by atoms with Gasteiger partial charge in [0.05, 0.1) is 17.5 Å². The molecule has 2 amide bonds. The summed E-state index contributed by atoms with van der Waals surface area (Å²) in [6.45, 7) is 4.11. The zero-order valence-corrected chi connectivity index (χ0v) is 13.9. The first-order valence-electron chi connectivity index (χ1n) is 8.71. The largest absolute Gasteiger partial charge is 0.358 e. The lowest BCUT2D eigenvalue weighted by Crippen LogP contribution is -2.38. The molecule has 2 aromatic rings. The lowest BCUT2D eigenvalue weighted by Gasteiger charge is -2.38. The van der Waals surface area contributed by atoms with E-state index in [-0.39, 0.29) is 35.5 Å². The van der Waals surface area contributed by atoms with Gasteiger partial charge in [-0.15, -0.1) is 0 Å². The quantitative estimate of drug-likeness (QED) is 0.646. The van der Waals surface area contributed by atoms with E-state index >= 15 is 0 Å². The van der Waals surface area contributed by atoms with Gasteiger partial charge in [0, 0.05) is 16.6 Å². The van der Waals surface area contributed by atoms with Gasteiger partial charge in [0.1, 0.15) is 0 Å². The maximum Gasteiger partial charge on any atom is 0.238 e. The van der Waals surface area contributed by atoms with Crippen LogP contribution in [0.25, 0.3) is 10.9 Å². The van der Waals surface area contributed by atoms with E-state index in [1.165, 1.54) is 10.5 Å². The van der Waals surface area contributed by atoms with E-state index < -0.39 is 0 Å². The van der Waals surface area contributed by atoms with Crippen molar-refractivity contribution >= 4 is 28.4 Å². The van der Waals surface area contributed by atoms with E-state index in [9.17, 15) is 9.59 Å². The zero-order valence-electron chi connectivity index (χ0n) is 13.9. The second kappa shape index (κ2) is 4.59. The average molecular weight is 320 g/mol. The standard InChI is InChI=1S/C20H20N2O2/c1-10-11(2)21-16-8-7-14(9-15(10)16)22-19(23)17-12-3-4-13(6-5-12)18(17)20(22)24/h3-4,7-9,12-13,17-18,21H,5-6H2,1-2H3. The number of nitrogens with one attached hydrogen (secondary N) is 1. The van der Waals surface area contributed by atoms with Gasteiger partial charge in [0.2, 0.25) is 11.8 Å². The SMILES string of the molecule is Cc1[nH]c2ccc(N3C(=O)C4C5C=CC(CC5)C4C3=O)cc2c1C. The molecule has 2 heterocycles. The van der Waals surface area contributed by atoms with Crippen molar-refractivity contribution in [2.24, 2.45) is 23.7 Å². The number of hydrogen-bond acceptors (Lipinski definition) is 2. The van der Waals surface area contributed by atoms with Gasteiger partial charge in [0.15, 0.2) is 0 Å². The minimum Gasteiger partial charge on any atom is -0.358 e. The van der Waals surface area contributed by atoms with Crippen LogP contribution in [0.1, 0.15) is 24.1 Å². The fourth-order valence-electron chi connectivity index (χ4n) is 4.92. The number of anilines is 1. The molecule has 4 unspecified atom stereocenters. The predicted molar refractivity (Wildman–Crippen MR) is 92.6 cm³/mol. The van der Waals surface area contributed by atoms with Gasteiger partial charge in [-0.3, -0.25) is 9.59 Å². The number of carbonyl (C=O) groups is 2. The van der Waals surface area contributed by atoms with Crippen LogP contribution in [0.2, 0.25) is 0 Å². The third-order valence-electron chi connectivity index (χ3n) is 6.31. The monoisotopic (exact) mass is 320 g/mol.